The number of hydrogen-bond donors (Lipinski definition) is 2. The Labute approximate surface area is 239 Å². The molecule has 8 atom stereocenters. The number of benzene rings is 1. The van der Waals surface area contributed by atoms with Crippen LogP contribution in [-0.2, 0) is 9.47 Å². The molecule has 2 heterocycles. The number of thioether (sulfide) groups is 1. The predicted octanol–water partition coefficient (Wildman–Crippen LogP) is 6.35. The van der Waals surface area contributed by atoms with Crippen molar-refractivity contribution in [3.8, 4) is 0 Å². The van der Waals surface area contributed by atoms with Crippen LogP contribution in [0.15, 0.2) is 23.1 Å². The van der Waals surface area contributed by atoms with Crippen molar-refractivity contribution in [2.24, 2.45) is 28.6 Å². The van der Waals surface area contributed by atoms with Crippen molar-refractivity contribution in [1.29, 1.82) is 0 Å². The van der Waals surface area contributed by atoms with Gasteiger partial charge in [0.05, 0.1) is 29.7 Å². The minimum Gasteiger partial charge on any atom is -0.393 e. The van der Waals surface area contributed by atoms with Crippen LogP contribution in [0.25, 0.3) is 0 Å². The van der Waals surface area contributed by atoms with E-state index in [-0.39, 0.29) is 21.7 Å². The average molecular weight is 556 g/mol. The van der Waals surface area contributed by atoms with E-state index in [2.05, 4.69) is 57.7 Å². The van der Waals surface area contributed by atoms with E-state index >= 15 is 0 Å². The molecule has 0 bridgehead atoms. The molecule has 7 rings (SSSR count). The molecule has 0 amide bonds. The maximum atomic E-state index is 12.9. The average Bonchev–Trinajstić information content (AvgIpc) is 3.21. The van der Waals surface area contributed by atoms with Crippen LogP contribution in [0.1, 0.15) is 97.5 Å². The molecule has 2 spiro atoms. The summed E-state index contributed by atoms with van der Waals surface area (Å²) in [4.78, 5) is 3.79. The predicted molar refractivity (Wildman–Crippen MR) is 156 cm³/mol. The van der Waals surface area contributed by atoms with E-state index in [9.17, 15) is 10.2 Å². The summed E-state index contributed by atoms with van der Waals surface area (Å²) in [6.07, 6.45) is 7.07. The molecule has 1 aromatic carbocycles. The van der Waals surface area contributed by atoms with Gasteiger partial charge in [0.15, 0.2) is 5.79 Å². The molecule has 4 aliphatic carbocycles. The van der Waals surface area contributed by atoms with Crippen molar-refractivity contribution in [1.82, 2.24) is 0 Å². The van der Waals surface area contributed by atoms with Gasteiger partial charge < -0.3 is 24.6 Å². The first-order valence-corrected chi connectivity index (χ1v) is 16.6. The first kappa shape index (κ1) is 27.1. The molecule has 1 saturated heterocycles. The largest absolute Gasteiger partial charge is 0.393 e. The molecule has 1 aromatic rings. The van der Waals surface area contributed by atoms with E-state index in [0.717, 1.165) is 58.0 Å². The second kappa shape index (κ2) is 8.86. The van der Waals surface area contributed by atoms with Crippen LogP contribution < -0.4 is 4.90 Å². The van der Waals surface area contributed by atoms with E-state index in [4.69, 9.17) is 9.47 Å². The van der Waals surface area contributed by atoms with E-state index in [1.54, 1.807) is 0 Å². The molecule has 2 N–H and O–H groups in total. The van der Waals surface area contributed by atoms with Crippen LogP contribution in [0, 0.1) is 28.6 Å². The number of rotatable bonds is 3. The zero-order chi connectivity index (χ0) is 27.4. The highest BCUT2D eigenvalue weighted by Gasteiger charge is 2.72. The van der Waals surface area contributed by atoms with E-state index in [1.807, 2.05) is 11.8 Å². The molecule has 4 saturated carbocycles. The molecule has 216 valence electrons. The van der Waals surface area contributed by atoms with Gasteiger partial charge in [0.25, 0.3) is 0 Å². The van der Waals surface area contributed by atoms with Gasteiger partial charge in [-0.3, -0.25) is 0 Å². The fraction of sp³-hybridized carbons (Fsp3) is 0.818. The minimum absolute atomic E-state index is 0.0161. The highest BCUT2D eigenvalue weighted by atomic mass is 32.2. The smallest absolute Gasteiger partial charge is 0.171 e. The highest BCUT2D eigenvalue weighted by molar-refractivity contribution is 8.01. The molecule has 1 unspecified atom stereocenters. The Bertz CT molecular complexity index is 1130. The minimum atomic E-state index is -0.829. The molecular formula is C33H49NO4S. The summed E-state index contributed by atoms with van der Waals surface area (Å²) >= 11 is 2.01. The van der Waals surface area contributed by atoms with Gasteiger partial charge >= 0.3 is 0 Å². The van der Waals surface area contributed by atoms with Gasteiger partial charge in [0, 0.05) is 41.9 Å². The summed E-state index contributed by atoms with van der Waals surface area (Å²) in [5.74, 6) is 1.24. The number of aliphatic hydroxyl groups excluding tert-OH is 1. The summed E-state index contributed by atoms with van der Waals surface area (Å²) in [6.45, 7) is 14.6. The van der Waals surface area contributed by atoms with Gasteiger partial charge in [0.1, 0.15) is 0 Å². The van der Waals surface area contributed by atoms with E-state index in [0.29, 0.717) is 43.3 Å². The lowest BCUT2D eigenvalue weighted by molar-refractivity contribution is -0.338. The SMILES string of the molecule is CCN(CC)c1ccc2c(c1)S[C@]13CCC4(C[C@]1(O)CC[C@@H]1C3[C@@H]2C[C@]2(C)[C@@H](O)CC[C@@H]12)OCC(C)(C)CO4. The summed E-state index contributed by atoms with van der Waals surface area (Å²) in [5, 5.41) is 24.2. The summed E-state index contributed by atoms with van der Waals surface area (Å²) in [6, 6.07) is 7.15. The fourth-order valence-electron chi connectivity index (χ4n) is 10.3. The monoisotopic (exact) mass is 555 g/mol. The Hall–Kier alpha value is -0.790. The fourth-order valence-corrected chi connectivity index (χ4v) is 12.3. The molecule has 6 heteroatoms. The zero-order valence-electron chi connectivity index (χ0n) is 24.7. The first-order chi connectivity index (χ1) is 18.5. The molecule has 0 aromatic heterocycles. The van der Waals surface area contributed by atoms with Crippen LogP contribution >= 0.6 is 11.8 Å². The van der Waals surface area contributed by atoms with Gasteiger partial charge in [-0.2, -0.15) is 0 Å². The van der Waals surface area contributed by atoms with Crippen molar-refractivity contribution >= 4 is 17.4 Å². The third-order valence-corrected chi connectivity index (χ3v) is 14.2. The van der Waals surface area contributed by atoms with Crippen molar-refractivity contribution < 1.29 is 19.7 Å². The second-order valence-corrected chi connectivity index (χ2v) is 16.4. The normalized spacial score (nSPS) is 45.2. The summed E-state index contributed by atoms with van der Waals surface area (Å²) in [5.41, 5.74) is 1.90. The number of aliphatic hydroxyl groups is 2. The van der Waals surface area contributed by atoms with Crippen molar-refractivity contribution in [3.63, 3.8) is 0 Å². The molecule has 6 aliphatic rings. The quantitative estimate of drug-likeness (QED) is 0.453. The topological polar surface area (TPSA) is 62.2 Å². The Kier molecular flexibility index (Phi) is 6.15. The van der Waals surface area contributed by atoms with Gasteiger partial charge in [0.2, 0.25) is 0 Å². The lowest BCUT2D eigenvalue weighted by Crippen LogP contribution is -2.72. The third kappa shape index (κ3) is 3.73. The van der Waals surface area contributed by atoms with E-state index < -0.39 is 11.4 Å². The van der Waals surface area contributed by atoms with Gasteiger partial charge in [-0.15, -0.1) is 11.8 Å². The Morgan fingerprint density at radius 2 is 1.74 bits per heavy atom. The number of nitrogens with zero attached hydrogens (tertiary/aromatic N) is 1. The molecule has 2 aliphatic heterocycles. The Balaban J connectivity index is 1.33. The summed E-state index contributed by atoms with van der Waals surface area (Å²) < 4.78 is 12.8. The second-order valence-electron chi connectivity index (χ2n) is 15.0. The molecule has 5 fully saturated rings. The molecular weight excluding hydrogens is 506 g/mol. The van der Waals surface area contributed by atoms with Crippen LogP contribution in [0.4, 0.5) is 5.69 Å². The van der Waals surface area contributed by atoms with Gasteiger partial charge in [-0.25, -0.2) is 0 Å². The highest BCUT2D eigenvalue weighted by Crippen LogP contribution is 2.75. The van der Waals surface area contributed by atoms with Crippen LogP contribution in [-0.4, -0.2) is 58.8 Å². The summed E-state index contributed by atoms with van der Waals surface area (Å²) in [7, 11) is 0. The molecule has 39 heavy (non-hydrogen) atoms. The Morgan fingerprint density at radius 1 is 1.00 bits per heavy atom. The lowest BCUT2D eigenvalue weighted by Gasteiger charge is -2.69. The van der Waals surface area contributed by atoms with Crippen LogP contribution in [0.3, 0.4) is 0 Å². The number of anilines is 1. The standard InChI is InChI=1S/C33H49NO4S/c1-6-34(7-2)21-8-9-22-24-17-30(5)25(10-11-27(30)35)23-12-13-31(36)18-32(37-19-29(3,4)20-38-32)14-15-33(31,28(23)24)39-26(22)16-21/h8-9,16,23-25,27-28,35-36H,6-7,10-15,17-20H2,1-5H3/t23-,24+,25-,27-,28?,30-,31+,33-/m0/s1. The maximum Gasteiger partial charge on any atom is 0.171 e. The van der Waals surface area contributed by atoms with Crippen LogP contribution in [0.2, 0.25) is 0 Å². The van der Waals surface area contributed by atoms with Crippen molar-refractivity contribution in [2.75, 3.05) is 31.2 Å². The number of fused-ring (bicyclic) bond motifs is 4. The number of ether oxygens (including phenoxy) is 2. The Morgan fingerprint density at radius 3 is 2.46 bits per heavy atom. The maximum absolute atomic E-state index is 12.9. The first-order valence-electron chi connectivity index (χ1n) is 15.8. The van der Waals surface area contributed by atoms with E-state index in [1.165, 1.54) is 16.1 Å². The van der Waals surface area contributed by atoms with Crippen molar-refractivity contribution in [3.05, 3.63) is 23.8 Å². The lowest BCUT2D eigenvalue weighted by atomic mass is 9.44. The molecule has 0 radical (unpaired) electrons. The van der Waals surface area contributed by atoms with Crippen molar-refractivity contribution in [2.45, 2.75) is 119 Å². The molecule has 5 nitrogen and oxygen atoms in total. The van der Waals surface area contributed by atoms with Gasteiger partial charge in [-0.05, 0) is 99.2 Å². The third-order valence-electron chi connectivity index (χ3n) is 12.4. The zero-order valence-corrected chi connectivity index (χ0v) is 25.5. The van der Waals surface area contributed by atoms with Gasteiger partial charge in [-0.1, -0.05) is 26.8 Å². The number of hydrogen-bond acceptors (Lipinski definition) is 6. The van der Waals surface area contributed by atoms with Crippen LogP contribution in [0.5, 0.6) is 0 Å².